The number of carbonyl (C=O) groups excluding carboxylic acids is 1. The van der Waals surface area contributed by atoms with Crippen molar-refractivity contribution < 1.29 is 18.0 Å². The minimum absolute atomic E-state index is 0.395. The Morgan fingerprint density at radius 2 is 2.10 bits per heavy atom. The molecule has 116 valence electrons. The molecule has 1 heterocycles. The number of nitrogens with zero attached hydrogens (tertiary/aromatic N) is 1. The zero-order chi connectivity index (χ0) is 15.6. The number of carbonyl (C=O) groups is 1. The van der Waals surface area contributed by atoms with E-state index in [1.165, 1.54) is 0 Å². The molecule has 1 aromatic rings. The van der Waals surface area contributed by atoms with Gasteiger partial charge in [-0.2, -0.15) is 13.2 Å². The summed E-state index contributed by atoms with van der Waals surface area (Å²) in [6.07, 6.45) is -3.73. The first-order chi connectivity index (χ1) is 9.79. The van der Waals surface area contributed by atoms with Crippen molar-refractivity contribution in [2.24, 2.45) is 0 Å². The van der Waals surface area contributed by atoms with Gasteiger partial charge < -0.3 is 10.2 Å². The average Bonchev–Trinajstić information content (AvgIpc) is 2.42. The molecule has 1 aliphatic rings. The van der Waals surface area contributed by atoms with Gasteiger partial charge in [-0.05, 0) is 44.0 Å². The van der Waals surface area contributed by atoms with Crippen LogP contribution in [0.1, 0.15) is 35.3 Å². The topological polar surface area (TPSA) is 32.3 Å². The molecular formula is C15H19F3N2O. The molecule has 1 aliphatic heterocycles. The fraction of sp³-hybridized carbons (Fsp3) is 0.533. The minimum atomic E-state index is -4.39. The van der Waals surface area contributed by atoms with Crippen LogP contribution < -0.4 is 5.32 Å². The normalized spacial score (nSPS) is 15.0. The van der Waals surface area contributed by atoms with Gasteiger partial charge in [0.15, 0.2) is 0 Å². The number of hydrogen-bond donors (Lipinski definition) is 1. The van der Waals surface area contributed by atoms with Crippen molar-refractivity contribution in [1.29, 1.82) is 0 Å². The molecule has 21 heavy (non-hydrogen) atoms. The quantitative estimate of drug-likeness (QED) is 0.931. The van der Waals surface area contributed by atoms with Crippen LogP contribution in [0, 0.1) is 0 Å². The highest BCUT2D eigenvalue weighted by Crippen LogP contribution is 2.24. The Morgan fingerprint density at radius 1 is 1.38 bits per heavy atom. The molecule has 0 saturated heterocycles. The Hall–Kier alpha value is -1.56. The van der Waals surface area contributed by atoms with Crippen LogP contribution in [0.4, 0.5) is 13.2 Å². The zero-order valence-corrected chi connectivity index (χ0v) is 12.1. The number of fused-ring (bicyclic) bond motifs is 1. The molecule has 0 spiro atoms. The molecule has 1 amide bonds. The van der Waals surface area contributed by atoms with Crippen LogP contribution in [0.25, 0.3) is 0 Å². The molecule has 0 radical (unpaired) electrons. The van der Waals surface area contributed by atoms with E-state index in [1.54, 1.807) is 26.0 Å². The van der Waals surface area contributed by atoms with E-state index in [0.29, 0.717) is 18.5 Å². The van der Waals surface area contributed by atoms with Crippen molar-refractivity contribution in [2.45, 2.75) is 39.0 Å². The van der Waals surface area contributed by atoms with Crippen molar-refractivity contribution >= 4 is 5.91 Å². The summed E-state index contributed by atoms with van der Waals surface area (Å²) < 4.78 is 38.0. The molecule has 0 saturated carbocycles. The van der Waals surface area contributed by atoms with Gasteiger partial charge in [0.1, 0.15) is 6.54 Å². The molecule has 0 fully saturated rings. The van der Waals surface area contributed by atoms with E-state index in [9.17, 15) is 18.0 Å². The maximum absolute atomic E-state index is 12.7. The molecule has 6 heteroatoms. The Balaban J connectivity index is 2.33. The highest BCUT2D eigenvalue weighted by atomic mass is 19.4. The maximum Gasteiger partial charge on any atom is 0.406 e. The van der Waals surface area contributed by atoms with Gasteiger partial charge in [0.25, 0.3) is 5.91 Å². The number of halogens is 3. The largest absolute Gasteiger partial charge is 0.406 e. The third-order valence-electron chi connectivity index (χ3n) is 3.60. The van der Waals surface area contributed by atoms with Gasteiger partial charge >= 0.3 is 6.18 Å². The predicted octanol–water partition coefficient (Wildman–Crippen LogP) is 2.75. The summed E-state index contributed by atoms with van der Waals surface area (Å²) in [6, 6.07) is 4.75. The van der Waals surface area contributed by atoms with E-state index in [-0.39, 0.29) is 0 Å². The molecule has 2 rings (SSSR count). The van der Waals surface area contributed by atoms with Crippen LogP contribution in [0.3, 0.4) is 0 Å². The first-order valence-electron chi connectivity index (χ1n) is 6.99. The van der Waals surface area contributed by atoms with E-state index in [1.807, 2.05) is 6.07 Å². The van der Waals surface area contributed by atoms with Crippen LogP contribution >= 0.6 is 0 Å². The predicted molar refractivity (Wildman–Crippen MR) is 74.1 cm³/mol. The van der Waals surface area contributed by atoms with E-state index >= 15 is 0 Å². The van der Waals surface area contributed by atoms with Gasteiger partial charge in [-0.1, -0.05) is 12.1 Å². The zero-order valence-electron chi connectivity index (χ0n) is 12.1. The Kier molecular flexibility index (Phi) is 4.56. The van der Waals surface area contributed by atoms with Gasteiger partial charge in [0.05, 0.1) is 0 Å². The van der Waals surface area contributed by atoms with Gasteiger partial charge in [-0.3, -0.25) is 4.79 Å². The fourth-order valence-electron chi connectivity index (χ4n) is 2.57. The van der Waals surface area contributed by atoms with Gasteiger partial charge in [0.2, 0.25) is 0 Å². The first kappa shape index (κ1) is 15.8. The number of rotatable bonds is 3. The van der Waals surface area contributed by atoms with E-state index in [2.05, 4.69) is 5.32 Å². The van der Waals surface area contributed by atoms with Crippen molar-refractivity contribution in [1.82, 2.24) is 10.2 Å². The van der Waals surface area contributed by atoms with Crippen molar-refractivity contribution in [2.75, 3.05) is 13.1 Å². The highest BCUT2D eigenvalue weighted by molar-refractivity contribution is 5.96. The van der Waals surface area contributed by atoms with Crippen molar-refractivity contribution in [3.8, 4) is 0 Å². The Morgan fingerprint density at radius 3 is 2.71 bits per heavy atom. The second-order valence-corrected chi connectivity index (χ2v) is 5.51. The van der Waals surface area contributed by atoms with Crippen LogP contribution in [0.2, 0.25) is 0 Å². The first-order valence-corrected chi connectivity index (χ1v) is 6.99. The number of benzene rings is 1. The molecular weight excluding hydrogens is 281 g/mol. The number of nitrogens with one attached hydrogen (secondary N) is 1. The molecule has 0 atom stereocenters. The monoisotopic (exact) mass is 300 g/mol. The molecule has 0 aromatic heterocycles. The van der Waals surface area contributed by atoms with Crippen LogP contribution in [0.15, 0.2) is 18.2 Å². The van der Waals surface area contributed by atoms with E-state index in [0.717, 1.165) is 22.6 Å². The summed E-state index contributed by atoms with van der Waals surface area (Å²) in [5.74, 6) is -0.541. The standard InChI is InChI=1S/C15H19F3N2O/c1-10(2)20(9-15(16,17)18)14(21)13-5-3-4-11-8-19-7-6-12(11)13/h3-5,10,19H,6-9H2,1-2H3. The van der Waals surface area contributed by atoms with Crippen LogP contribution in [0.5, 0.6) is 0 Å². The molecule has 3 nitrogen and oxygen atoms in total. The van der Waals surface area contributed by atoms with Crippen LogP contribution in [-0.4, -0.2) is 36.1 Å². The SMILES string of the molecule is CC(C)N(CC(F)(F)F)C(=O)c1cccc2c1CCNC2. The summed E-state index contributed by atoms with van der Waals surface area (Å²) in [5, 5.41) is 3.19. The van der Waals surface area contributed by atoms with Gasteiger partial charge in [-0.25, -0.2) is 0 Å². The third-order valence-corrected chi connectivity index (χ3v) is 3.60. The molecule has 1 N–H and O–H groups in total. The molecule has 1 aromatic carbocycles. The minimum Gasteiger partial charge on any atom is -0.327 e. The van der Waals surface area contributed by atoms with E-state index < -0.39 is 24.7 Å². The number of hydrogen-bond acceptors (Lipinski definition) is 2. The summed E-state index contributed by atoms with van der Waals surface area (Å²) in [7, 11) is 0. The smallest absolute Gasteiger partial charge is 0.327 e. The average molecular weight is 300 g/mol. The Bertz CT molecular complexity index is 526. The van der Waals surface area contributed by atoms with Crippen molar-refractivity contribution in [3.63, 3.8) is 0 Å². The second kappa shape index (κ2) is 6.05. The van der Waals surface area contributed by atoms with Crippen LogP contribution in [-0.2, 0) is 13.0 Å². The molecule has 0 aliphatic carbocycles. The molecule has 0 unspecified atom stereocenters. The van der Waals surface area contributed by atoms with Gasteiger partial charge in [0, 0.05) is 18.2 Å². The molecule has 0 bridgehead atoms. The highest BCUT2D eigenvalue weighted by Gasteiger charge is 2.35. The summed E-state index contributed by atoms with van der Waals surface area (Å²) >= 11 is 0. The fourth-order valence-corrected chi connectivity index (χ4v) is 2.57. The lowest BCUT2D eigenvalue weighted by atomic mass is 9.94. The van der Waals surface area contributed by atoms with E-state index in [4.69, 9.17) is 0 Å². The van der Waals surface area contributed by atoms with Gasteiger partial charge in [-0.15, -0.1) is 0 Å². The maximum atomic E-state index is 12.7. The van der Waals surface area contributed by atoms with Crippen molar-refractivity contribution in [3.05, 3.63) is 34.9 Å². The summed E-state index contributed by atoms with van der Waals surface area (Å²) in [4.78, 5) is 13.4. The Labute approximate surface area is 122 Å². The lowest BCUT2D eigenvalue weighted by Crippen LogP contribution is -2.44. The lowest BCUT2D eigenvalue weighted by Gasteiger charge is -2.29. The summed E-state index contributed by atoms with van der Waals surface area (Å²) in [5.41, 5.74) is 2.25. The lowest BCUT2D eigenvalue weighted by molar-refractivity contribution is -0.143. The summed E-state index contributed by atoms with van der Waals surface area (Å²) in [6.45, 7) is 3.36. The number of alkyl halides is 3. The third kappa shape index (κ3) is 3.75. The number of amides is 1. The second-order valence-electron chi connectivity index (χ2n) is 5.51.